The lowest BCUT2D eigenvalue weighted by atomic mass is 9.82. The van der Waals surface area contributed by atoms with Gasteiger partial charge >= 0.3 is 0 Å². The number of hydrogen-bond donors (Lipinski definition) is 1. The Kier molecular flexibility index (Phi) is 3.70. The molecule has 1 aliphatic rings. The molecule has 4 nitrogen and oxygen atoms in total. The summed E-state index contributed by atoms with van der Waals surface area (Å²) < 4.78 is 0. The van der Waals surface area contributed by atoms with E-state index in [-0.39, 0.29) is 5.91 Å². The highest BCUT2D eigenvalue weighted by molar-refractivity contribution is 5.85. The molecule has 1 aliphatic heterocycles. The van der Waals surface area contributed by atoms with Crippen LogP contribution in [0.5, 0.6) is 0 Å². The summed E-state index contributed by atoms with van der Waals surface area (Å²) in [6.45, 7) is 4.67. The van der Waals surface area contributed by atoms with Crippen LogP contribution in [0.25, 0.3) is 0 Å². The molecule has 1 N–H and O–H groups in total. The van der Waals surface area contributed by atoms with Crippen molar-refractivity contribution in [1.29, 1.82) is 5.26 Å². The molecule has 4 heteroatoms. The van der Waals surface area contributed by atoms with E-state index in [4.69, 9.17) is 5.26 Å². The predicted octanol–water partition coefficient (Wildman–Crippen LogP) is 0.910. The zero-order valence-corrected chi connectivity index (χ0v) is 9.36. The second kappa shape index (κ2) is 4.63. The van der Waals surface area contributed by atoms with Crippen LogP contribution in [0.4, 0.5) is 0 Å². The molecular weight excluding hydrogens is 192 g/mol. The van der Waals surface area contributed by atoms with Gasteiger partial charge in [0.2, 0.25) is 5.91 Å². The molecule has 84 valence electrons. The molecule has 1 saturated heterocycles. The lowest BCUT2D eigenvalue weighted by Gasteiger charge is -2.27. The van der Waals surface area contributed by atoms with Crippen molar-refractivity contribution < 1.29 is 9.90 Å². The molecule has 1 atom stereocenters. The molecule has 0 aromatic carbocycles. The highest BCUT2D eigenvalue weighted by Crippen LogP contribution is 2.29. The fourth-order valence-corrected chi connectivity index (χ4v) is 1.99. The van der Waals surface area contributed by atoms with E-state index < -0.39 is 11.5 Å². The molecule has 1 rings (SSSR count). The minimum Gasteiger partial charge on any atom is -0.391 e. The van der Waals surface area contributed by atoms with Gasteiger partial charge in [-0.1, -0.05) is 13.8 Å². The van der Waals surface area contributed by atoms with Crippen LogP contribution in [0.3, 0.4) is 0 Å². The summed E-state index contributed by atoms with van der Waals surface area (Å²) in [4.78, 5) is 13.7. The topological polar surface area (TPSA) is 64.3 Å². The van der Waals surface area contributed by atoms with Crippen molar-refractivity contribution in [2.75, 3.05) is 13.1 Å². The maximum atomic E-state index is 12.1. The summed E-state index contributed by atoms with van der Waals surface area (Å²) in [5.74, 6) is -0.119. The maximum absolute atomic E-state index is 12.1. The molecular formula is C11H18N2O2. The Balaban J connectivity index is 2.78. The van der Waals surface area contributed by atoms with Crippen molar-refractivity contribution >= 4 is 5.91 Å². The summed E-state index contributed by atoms with van der Waals surface area (Å²) in [6, 6.07) is 2.13. The van der Waals surface area contributed by atoms with Gasteiger partial charge in [-0.2, -0.15) is 5.26 Å². The minimum absolute atomic E-state index is 0.119. The third-order valence-electron chi connectivity index (χ3n) is 3.28. The number of aliphatic hydroxyl groups is 1. The third kappa shape index (κ3) is 2.13. The van der Waals surface area contributed by atoms with E-state index in [1.165, 1.54) is 0 Å². The van der Waals surface area contributed by atoms with Crippen LogP contribution in [0.1, 0.15) is 33.1 Å². The second-order valence-corrected chi connectivity index (χ2v) is 4.09. The zero-order valence-electron chi connectivity index (χ0n) is 9.36. The summed E-state index contributed by atoms with van der Waals surface area (Å²) in [6.07, 6.45) is 1.27. The van der Waals surface area contributed by atoms with Crippen LogP contribution in [0.15, 0.2) is 0 Å². The molecule has 0 aromatic heterocycles. The first-order valence-corrected chi connectivity index (χ1v) is 5.48. The Hall–Kier alpha value is -1.08. The van der Waals surface area contributed by atoms with Gasteiger partial charge in [-0.05, 0) is 19.3 Å². The molecule has 1 amide bonds. The summed E-state index contributed by atoms with van der Waals surface area (Å²) in [5.41, 5.74) is -0.885. The van der Waals surface area contributed by atoms with Crippen LogP contribution in [-0.2, 0) is 4.79 Å². The molecule has 0 saturated carbocycles. The number of carbonyl (C=O) groups is 1. The Morgan fingerprint density at radius 3 is 2.53 bits per heavy atom. The van der Waals surface area contributed by atoms with Crippen LogP contribution in [-0.4, -0.2) is 35.1 Å². The first-order valence-electron chi connectivity index (χ1n) is 5.48. The van der Waals surface area contributed by atoms with Gasteiger partial charge in [0.15, 0.2) is 0 Å². The number of likely N-dealkylation sites (tertiary alicyclic amines) is 1. The average molecular weight is 210 g/mol. The van der Waals surface area contributed by atoms with Crippen LogP contribution in [0.2, 0.25) is 0 Å². The number of nitriles is 1. The van der Waals surface area contributed by atoms with E-state index in [0.717, 1.165) is 0 Å². The van der Waals surface area contributed by atoms with Crippen LogP contribution >= 0.6 is 0 Å². The maximum Gasteiger partial charge on any atom is 0.243 e. The van der Waals surface area contributed by atoms with Gasteiger partial charge < -0.3 is 10.0 Å². The van der Waals surface area contributed by atoms with Crippen LogP contribution in [0, 0.1) is 16.7 Å². The van der Waals surface area contributed by atoms with Gasteiger partial charge in [-0.15, -0.1) is 0 Å². The second-order valence-electron chi connectivity index (χ2n) is 4.09. The molecule has 0 unspecified atom stereocenters. The number of aliphatic hydroxyl groups excluding tert-OH is 1. The fraction of sp³-hybridized carbons (Fsp3) is 0.818. The van der Waals surface area contributed by atoms with Crippen molar-refractivity contribution in [2.45, 2.75) is 39.2 Å². The van der Waals surface area contributed by atoms with Gasteiger partial charge in [-0.25, -0.2) is 0 Å². The molecule has 0 aromatic rings. The van der Waals surface area contributed by atoms with E-state index in [1.54, 1.807) is 4.90 Å². The number of β-amino-alcohol motifs (C(OH)–C–C–N with tert-alkyl or cyclic N) is 1. The van der Waals surface area contributed by atoms with Gasteiger partial charge in [0, 0.05) is 13.1 Å². The Labute approximate surface area is 90.5 Å². The Bertz CT molecular complexity index is 279. The number of nitrogens with zero attached hydrogens (tertiary/aromatic N) is 2. The Morgan fingerprint density at radius 2 is 2.20 bits per heavy atom. The van der Waals surface area contributed by atoms with E-state index in [1.807, 2.05) is 13.8 Å². The lowest BCUT2D eigenvalue weighted by Crippen LogP contribution is -2.42. The molecule has 15 heavy (non-hydrogen) atoms. The van der Waals surface area contributed by atoms with Crippen molar-refractivity contribution in [3.05, 3.63) is 0 Å². The highest BCUT2D eigenvalue weighted by Gasteiger charge is 2.40. The molecule has 0 spiro atoms. The first kappa shape index (κ1) is 12.0. The Morgan fingerprint density at radius 1 is 1.60 bits per heavy atom. The van der Waals surface area contributed by atoms with Gasteiger partial charge in [0.25, 0.3) is 0 Å². The number of carbonyl (C=O) groups excluding carboxylic acids is 1. The average Bonchev–Trinajstić information content (AvgIpc) is 2.68. The van der Waals surface area contributed by atoms with E-state index in [0.29, 0.717) is 32.4 Å². The lowest BCUT2D eigenvalue weighted by molar-refractivity contribution is -0.138. The van der Waals surface area contributed by atoms with Gasteiger partial charge in [-0.3, -0.25) is 4.79 Å². The van der Waals surface area contributed by atoms with Crippen molar-refractivity contribution in [2.24, 2.45) is 5.41 Å². The van der Waals surface area contributed by atoms with E-state index >= 15 is 0 Å². The summed E-state index contributed by atoms with van der Waals surface area (Å²) >= 11 is 0. The van der Waals surface area contributed by atoms with Gasteiger partial charge in [0.05, 0.1) is 12.2 Å². The van der Waals surface area contributed by atoms with Gasteiger partial charge in [0.1, 0.15) is 5.41 Å². The summed E-state index contributed by atoms with van der Waals surface area (Å²) in [5, 5.41) is 18.5. The predicted molar refractivity (Wildman–Crippen MR) is 55.8 cm³/mol. The minimum atomic E-state index is -0.885. The van der Waals surface area contributed by atoms with Crippen molar-refractivity contribution in [3.63, 3.8) is 0 Å². The molecule has 0 bridgehead atoms. The van der Waals surface area contributed by atoms with Crippen LogP contribution < -0.4 is 0 Å². The normalized spacial score (nSPS) is 21.5. The monoisotopic (exact) mass is 210 g/mol. The van der Waals surface area contributed by atoms with E-state index in [2.05, 4.69) is 6.07 Å². The SMILES string of the molecule is CCC(C#N)(CC)C(=O)N1CC[C@H](O)C1. The number of hydrogen-bond acceptors (Lipinski definition) is 3. The highest BCUT2D eigenvalue weighted by atomic mass is 16.3. The number of rotatable bonds is 3. The van der Waals surface area contributed by atoms with Crippen molar-refractivity contribution in [1.82, 2.24) is 4.90 Å². The molecule has 1 fully saturated rings. The standard InChI is InChI=1S/C11H18N2O2/c1-3-11(4-2,8-12)10(15)13-6-5-9(14)7-13/h9,14H,3-7H2,1-2H3/t9-/m0/s1. The van der Waals surface area contributed by atoms with E-state index in [9.17, 15) is 9.90 Å². The molecule has 1 heterocycles. The molecule has 0 aliphatic carbocycles. The summed E-state index contributed by atoms with van der Waals surface area (Å²) in [7, 11) is 0. The number of amides is 1. The smallest absolute Gasteiger partial charge is 0.243 e. The largest absolute Gasteiger partial charge is 0.391 e. The quantitative estimate of drug-likeness (QED) is 0.753. The first-order chi connectivity index (χ1) is 7.09. The fourth-order valence-electron chi connectivity index (χ4n) is 1.99. The zero-order chi connectivity index (χ0) is 11.5. The third-order valence-corrected chi connectivity index (χ3v) is 3.28. The van der Waals surface area contributed by atoms with Crippen molar-refractivity contribution in [3.8, 4) is 6.07 Å². The molecule has 0 radical (unpaired) electrons.